The van der Waals surface area contributed by atoms with Crippen LogP contribution in [0.4, 0.5) is 11.4 Å². The monoisotopic (exact) mass is 294 g/mol. The number of nitrogens with one attached hydrogen (secondary N) is 1. The number of hydrogen-bond acceptors (Lipinski definition) is 2. The van der Waals surface area contributed by atoms with Gasteiger partial charge in [-0.15, -0.1) is 0 Å². The molecule has 3 nitrogen and oxygen atoms in total. The zero-order chi connectivity index (χ0) is 14.0. The second-order valence-electron chi connectivity index (χ2n) is 4.12. The van der Waals surface area contributed by atoms with Gasteiger partial charge < -0.3 is 11.1 Å². The quantitative estimate of drug-likeness (QED) is 0.818. The molecule has 0 spiro atoms. The van der Waals surface area contributed by atoms with E-state index >= 15 is 0 Å². The number of amides is 1. The van der Waals surface area contributed by atoms with Crippen LogP contribution in [0.1, 0.15) is 15.9 Å². The Bertz CT molecular complexity index is 641. The van der Waals surface area contributed by atoms with Crippen molar-refractivity contribution < 1.29 is 4.79 Å². The average Bonchev–Trinajstić information content (AvgIpc) is 2.37. The van der Waals surface area contributed by atoms with Crippen molar-refractivity contribution in [1.82, 2.24) is 0 Å². The summed E-state index contributed by atoms with van der Waals surface area (Å²) in [7, 11) is 0. The summed E-state index contributed by atoms with van der Waals surface area (Å²) in [5.41, 5.74) is 8.22. The Hall–Kier alpha value is -1.71. The fourth-order valence-corrected chi connectivity index (χ4v) is 1.95. The Balaban J connectivity index is 2.26. The van der Waals surface area contributed by atoms with Crippen LogP contribution >= 0.6 is 23.2 Å². The lowest BCUT2D eigenvalue weighted by molar-refractivity contribution is 0.102. The number of rotatable bonds is 2. The number of benzene rings is 2. The van der Waals surface area contributed by atoms with Gasteiger partial charge in [-0.05, 0) is 36.8 Å². The fourth-order valence-electron chi connectivity index (χ4n) is 1.65. The third-order valence-corrected chi connectivity index (χ3v) is 3.49. The molecule has 5 heteroatoms. The lowest BCUT2D eigenvalue weighted by atomic mass is 10.1. The van der Waals surface area contributed by atoms with Gasteiger partial charge in [-0.2, -0.15) is 0 Å². The zero-order valence-corrected chi connectivity index (χ0v) is 11.7. The lowest BCUT2D eigenvalue weighted by Gasteiger charge is -2.09. The maximum atomic E-state index is 12.1. The Morgan fingerprint density at radius 3 is 2.58 bits per heavy atom. The summed E-state index contributed by atoms with van der Waals surface area (Å²) in [6.45, 7) is 1.85. The molecule has 0 atom stereocenters. The van der Waals surface area contributed by atoms with Gasteiger partial charge in [0.15, 0.2) is 0 Å². The molecular formula is C14H12Cl2N2O. The van der Waals surface area contributed by atoms with E-state index in [2.05, 4.69) is 5.32 Å². The van der Waals surface area contributed by atoms with Gasteiger partial charge in [-0.1, -0.05) is 35.3 Å². The topological polar surface area (TPSA) is 55.1 Å². The minimum Gasteiger partial charge on any atom is -0.398 e. The minimum atomic E-state index is -0.278. The molecule has 2 aromatic rings. The smallest absolute Gasteiger partial charge is 0.257 e. The number of halogens is 2. The first-order chi connectivity index (χ1) is 8.99. The van der Waals surface area contributed by atoms with Crippen molar-refractivity contribution in [2.75, 3.05) is 11.1 Å². The van der Waals surface area contributed by atoms with E-state index in [1.54, 1.807) is 30.3 Å². The van der Waals surface area contributed by atoms with E-state index in [0.29, 0.717) is 27.0 Å². The highest BCUT2D eigenvalue weighted by atomic mass is 35.5. The summed E-state index contributed by atoms with van der Waals surface area (Å²) in [5.74, 6) is -0.278. The Morgan fingerprint density at radius 1 is 1.16 bits per heavy atom. The number of aryl methyl sites for hydroxylation is 1. The summed E-state index contributed by atoms with van der Waals surface area (Å²) in [4.78, 5) is 12.1. The molecule has 3 N–H and O–H groups in total. The molecule has 2 rings (SSSR count). The molecule has 0 unspecified atom stereocenters. The second kappa shape index (κ2) is 5.51. The number of hydrogen-bond donors (Lipinski definition) is 2. The van der Waals surface area contributed by atoms with Crippen LogP contribution in [0.25, 0.3) is 0 Å². The largest absolute Gasteiger partial charge is 0.398 e. The van der Waals surface area contributed by atoms with Gasteiger partial charge in [0.1, 0.15) is 0 Å². The van der Waals surface area contributed by atoms with Crippen LogP contribution in [0.3, 0.4) is 0 Å². The first-order valence-electron chi connectivity index (χ1n) is 5.60. The molecule has 0 saturated carbocycles. The van der Waals surface area contributed by atoms with Crippen molar-refractivity contribution in [3.63, 3.8) is 0 Å². The van der Waals surface area contributed by atoms with Crippen LogP contribution in [0.15, 0.2) is 36.4 Å². The molecular weight excluding hydrogens is 283 g/mol. The summed E-state index contributed by atoms with van der Waals surface area (Å²) in [5, 5.41) is 3.56. The van der Waals surface area contributed by atoms with Crippen molar-refractivity contribution >= 4 is 40.5 Å². The zero-order valence-electron chi connectivity index (χ0n) is 10.2. The maximum Gasteiger partial charge on any atom is 0.257 e. The predicted molar refractivity (Wildman–Crippen MR) is 80.0 cm³/mol. The average molecular weight is 295 g/mol. The number of carbonyl (C=O) groups excluding carboxylic acids is 1. The number of carbonyl (C=O) groups is 1. The van der Waals surface area contributed by atoms with Crippen LogP contribution < -0.4 is 11.1 Å². The number of nitrogens with two attached hydrogens (primary N) is 1. The summed E-state index contributed by atoms with van der Waals surface area (Å²) in [6, 6.07) is 10.2. The second-order valence-corrected chi connectivity index (χ2v) is 4.93. The van der Waals surface area contributed by atoms with Gasteiger partial charge >= 0.3 is 0 Å². The summed E-state index contributed by atoms with van der Waals surface area (Å²) in [6.07, 6.45) is 0. The van der Waals surface area contributed by atoms with Crippen molar-refractivity contribution in [1.29, 1.82) is 0 Å². The van der Waals surface area contributed by atoms with Gasteiger partial charge in [0, 0.05) is 11.4 Å². The van der Waals surface area contributed by atoms with Crippen molar-refractivity contribution in [2.24, 2.45) is 0 Å². The van der Waals surface area contributed by atoms with Gasteiger partial charge in [0.05, 0.1) is 15.6 Å². The van der Waals surface area contributed by atoms with Gasteiger partial charge in [0.2, 0.25) is 0 Å². The van der Waals surface area contributed by atoms with Crippen LogP contribution in [0, 0.1) is 6.92 Å². The Kier molecular flexibility index (Phi) is 3.98. The Labute approximate surface area is 121 Å². The normalized spacial score (nSPS) is 10.3. The molecule has 0 fully saturated rings. The minimum absolute atomic E-state index is 0.278. The number of anilines is 2. The van der Waals surface area contributed by atoms with Gasteiger partial charge in [0.25, 0.3) is 5.91 Å². The SMILES string of the molecule is Cc1cccc(C(=O)Nc2ccc(Cl)c(Cl)c2)c1N. The molecule has 0 aliphatic carbocycles. The third-order valence-electron chi connectivity index (χ3n) is 2.75. The molecule has 0 heterocycles. The third kappa shape index (κ3) is 3.00. The lowest BCUT2D eigenvalue weighted by Crippen LogP contribution is -2.14. The highest BCUT2D eigenvalue weighted by molar-refractivity contribution is 6.42. The van der Waals surface area contributed by atoms with Crippen LogP contribution in [0.2, 0.25) is 10.0 Å². The van der Waals surface area contributed by atoms with E-state index in [1.165, 1.54) is 0 Å². The van der Waals surface area contributed by atoms with Gasteiger partial charge in [-0.25, -0.2) is 0 Å². The highest BCUT2D eigenvalue weighted by Crippen LogP contribution is 2.26. The standard InChI is InChI=1S/C14H12Cl2N2O/c1-8-3-2-4-10(13(8)17)14(19)18-9-5-6-11(15)12(16)7-9/h2-7H,17H2,1H3,(H,18,19). The molecule has 0 aliphatic heterocycles. The van der Waals surface area contributed by atoms with Crippen molar-refractivity contribution in [3.8, 4) is 0 Å². The summed E-state index contributed by atoms with van der Waals surface area (Å²) < 4.78 is 0. The molecule has 0 radical (unpaired) electrons. The Morgan fingerprint density at radius 2 is 1.89 bits per heavy atom. The summed E-state index contributed by atoms with van der Waals surface area (Å²) >= 11 is 11.7. The van der Waals surface area contributed by atoms with E-state index in [-0.39, 0.29) is 5.91 Å². The number of nitrogen functional groups attached to an aromatic ring is 1. The van der Waals surface area contributed by atoms with E-state index in [1.807, 2.05) is 13.0 Å². The fraction of sp³-hybridized carbons (Fsp3) is 0.0714. The molecule has 98 valence electrons. The van der Waals surface area contributed by atoms with Gasteiger partial charge in [-0.3, -0.25) is 4.79 Å². The van der Waals surface area contributed by atoms with E-state index < -0.39 is 0 Å². The predicted octanol–water partition coefficient (Wildman–Crippen LogP) is 4.14. The first kappa shape index (κ1) is 13.7. The maximum absolute atomic E-state index is 12.1. The molecule has 1 amide bonds. The molecule has 0 aromatic heterocycles. The van der Waals surface area contributed by atoms with E-state index in [0.717, 1.165) is 5.56 Å². The first-order valence-corrected chi connectivity index (χ1v) is 6.36. The van der Waals surface area contributed by atoms with Crippen molar-refractivity contribution in [2.45, 2.75) is 6.92 Å². The highest BCUT2D eigenvalue weighted by Gasteiger charge is 2.11. The van der Waals surface area contributed by atoms with E-state index in [9.17, 15) is 4.79 Å². The van der Waals surface area contributed by atoms with Crippen LogP contribution in [0.5, 0.6) is 0 Å². The molecule has 2 aromatic carbocycles. The molecule has 0 saturated heterocycles. The van der Waals surface area contributed by atoms with E-state index in [4.69, 9.17) is 28.9 Å². The molecule has 0 bridgehead atoms. The number of para-hydroxylation sites is 1. The molecule has 19 heavy (non-hydrogen) atoms. The van der Waals surface area contributed by atoms with Crippen LogP contribution in [-0.2, 0) is 0 Å². The van der Waals surface area contributed by atoms with Crippen molar-refractivity contribution in [3.05, 3.63) is 57.6 Å². The van der Waals surface area contributed by atoms with Crippen LogP contribution in [-0.4, -0.2) is 5.91 Å². The molecule has 0 aliphatic rings.